The number of carbonyl (C=O) groups is 1. The second kappa shape index (κ2) is 8.53. The normalized spacial score (nSPS) is 22.6. The van der Waals surface area contributed by atoms with Crippen LogP contribution in [0.15, 0.2) is 30.3 Å². The summed E-state index contributed by atoms with van der Waals surface area (Å²) in [6.07, 6.45) is 0.926. The molecule has 5 heteroatoms. The molecule has 0 spiro atoms. The molecule has 1 aliphatic heterocycles. The predicted octanol–water partition coefficient (Wildman–Crippen LogP) is 3.50. The molecule has 1 heterocycles. The maximum absolute atomic E-state index is 12.3. The number of halogens is 1. The highest BCUT2D eigenvalue weighted by Crippen LogP contribution is 2.17. The number of hydrogen-bond donors (Lipinski definition) is 0. The van der Waals surface area contributed by atoms with Crippen LogP contribution in [0.5, 0.6) is 0 Å². The van der Waals surface area contributed by atoms with Crippen molar-refractivity contribution in [2.75, 3.05) is 25.0 Å². The monoisotopic (exact) mass is 368 g/mol. The Morgan fingerprint density at radius 1 is 1.23 bits per heavy atom. The van der Waals surface area contributed by atoms with E-state index in [0.29, 0.717) is 18.7 Å². The molecule has 1 fully saturated rings. The summed E-state index contributed by atoms with van der Waals surface area (Å²) in [7, 11) is 0. The number of ether oxygens (including phenoxy) is 1. The molecule has 122 valence electrons. The third-order valence-electron chi connectivity index (χ3n) is 4.11. The summed E-state index contributed by atoms with van der Waals surface area (Å²) in [6, 6.07) is 10.5. The number of benzene rings is 1. The fourth-order valence-electron chi connectivity index (χ4n) is 3.00. The molecule has 0 radical (unpaired) electrons. The van der Waals surface area contributed by atoms with Crippen molar-refractivity contribution < 1.29 is 9.53 Å². The minimum absolute atomic E-state index is 0.206. The van der Waals surface area contributed by atoms with Crippen LogP contribution in [0.4, 0.5) is 4.79 Å². The SMILES string of the molecule is CC1CN(C(=O)OCc2ccccc2)CC(C)N1CCCBr. The number of piperazine rings is 1. The molecule has 1 aliphatic rings. The largest absolute Gasteiger partial charge is 0.445 e. The fourth-order valence-corrected chi connectivity index (χ4v) is 3.25. The first-order chi connectivity index (χ1) is 10.6. The second-order valence-electron chi connectivity index (χ2n) is 5.92. The molecule has 0 bridgehead atoms. The van der Waals surface area contributed by atoms with Crippen LogP contribution in [0.2, 0.25) is 0 Å². The lowest BCUT2D eigenvalue weighted by atomic mass is 10.1. The maximum atomic E-state index is 12.3. The lowest BCUT2D eigenvalue weighted by molar-refractivity contribution is 0.0254. The van der Waals surface area contributed by atoms with Crippen molar-refractivity contribution in [2.24, 2.45) is 0 Å². The topological polar surface area (TPSA) is 32.8 Å². The predicted molar refractivity (Wildman–Crippen MR) is 92.2 cm³/mol. The number of nitrogens with zero attached hydrogens (tertiary/aromatic N) is 2. The Morgan fingerprint density at radius 2 is 1.86 bits per heavy atom. The number of amides is 1. The van der Waals surface area contributed by atoms with Crippen LogP contribution < -0.4 is 0 Å². The van der Waals surface area contributed by atoms with E-state index in [1.807, 2.05) is 35.2 Å². The lowest BCUT2D eigenvalue weighted by Gasteiger charge is -2.43. The molecule has 0 N–H and O–H groups in total. The van der Waals surface area contributed by atoms with Gasteiger partial charge in [0.25, 0.3) is 0 Å². The fraction of sp³-hybridized carbons (Fsp3) is 0.588. The van der Waals surface area contributed by atoms with Gasteiger partial charge in [0.2, 0.25) is 0 Å². The van der Waals surface area contributed by atoms with Gasteiger partial charge in [0.1, 0.15) is 6.61 Å². The highest BCUT2D eigenvalue weighted by Gasteiger charge is 2.31. The van der Waals surface area contributed by atoms with Gasteiger partial charge in [-0.3, -0.25) is 4.90 Å². The van der Waals surface area contributed by atoms with E-state index in [1.54, 1.807) is 0 Å². The van der Waals surface area contributed by atoms with Crippen LogP contribution in [-0.2, 0) is 11.3 Å². The zero-order valence-corrected chi connectivity index (χ0v) is 15.0. The average molecular weight is 369 g/mol. The first-order valence-electron chi connectivity index (χ1n) is 7.89. The summed E-state index contributed by atoms with van der Waals surface area (Å²) in [5, 5.41) is 1.02. The summed E-state index contributed by atoms with van der Waals surface area (Å²) >= 11 is 3.48. The minimum Gasteiger partial charge on any atom is -0.445 e. The van der Waals surface area contributed by atoms with Gasteiger partial charge in [0.15, 0.2) is 0 Å². The molecule has 2 atom stereocenters. The summed E-state index contributed by atoms with van der Waals surface area (Å²) < 4.78 is 5.44. The Bertz CT molecular complexity index is 457. The highest BCUT2D eigenvalue weighted by atomic mass is 79.9. The lowest BCUT2D eigenvalue weighted by Crippen LogP contribution is -2.58. The van der Waals surface area contributed by atoms with Crippen molar-refractivity contribution in [3.05, 3.63) is 35.9 Å². The molecule has 0 aromatic heterocycles. The minimum atomic E-state index is -0.206. The summed E-state index contributed by atoms with van der Waals surface area (Å²) in [5.41, 5.74) is 1.02. The van der Waals surface area contributed by atoms with Crippen LogP contribution in [0, 0.1) is 0 Å². The first kappa shape index (κ1) is 17.3. The molecular formula is C17H25BrN2O2. The highest BCUT2D eigenvalue weighted by molar-refractivity contribution is 9.09. The molecule has 0 aliphatic carbocycles. The molecule has 1 aromatic carbocycles. The third kappa shape index (κ3) is 4.71. The van der Waals surface area contributed by atoms with E-state index in [9.17, 15) is 4.79 Å². The zero-order chi connectivity index (χ0) is 15.9. The molecule has 0 saturated carbocycles. The quantitative estimate of drug-likeness (QED) is 0.745. The Morgan fingerprint density at radius 3 is 2.45 bits per heavy atom. The Labute approximate surface area is 141 Å². The summed E-state index contributed by atoms with van der Waals surface area (Å²) in [5.74, 6) is 0. The van der Waals surface area contributed by atoms with Gasteiger partial charge in [-0.2, -0.15) is 0 Å². The molecule has 1 saturated heterocycles. The number of carbonyl (C=O) groups excluding carboxylic acids is 1. The van der Waals surface area contributed by atoms with Gasteiger partial charge < -0.3 is 9.64 Å². The first-order valence-corrected chi connectivity index (χ1v) is 9.01. The van der Waals surface area contributed by atoms with E-state index < -0.39 is 0 Å². The van der Waals surface area contributed by atoms with E-state index >= 15 is 0 Å². The average Bonchev–Trinajstić information content (AvgIpc) is 2.52. The van der Waals surface area contributed by atoms with Crippen molar-refractivity contribution in [1.82, 2.24) is 9.80 Å². The summed E-state index contributed by atoms with van der Waals surface area (Å²) in [6.45, 7) is 7.25. The van der Waals surface area contributed by atoms with E-state index in [1.165, 1.54) is 0 Å². The molecular weight excluding hydrogens is 344 g/mol. The Kier molecular flexibility index (Phi) is 6.70. The van der Waals surface area contributed by atoms with Crippen molar-refractivity contribution in [1.29, 1.82) is 0 Å². The molecule has 2 rings (SSSR count). The van der Waals surface area contributed by atoms with Gasteiger partial charge in [0.05, 0.1) is 0 Å². The molecule has 1 amide bonds. The second-order valence-corrected chi connectivity index (χ2v) is 6.72. The van der Waals surface area contributed by atoms with Crippen molar-refractivity contribution in [2.45, 2.75) is 39.0 Å². The van der Waals surface area contributed by atoms with Gasteiger partial charge in [-0.25, -0.2) is 4.79 Å². The summed E-state index contributed by atoms with van der Waals surface area (Å²) in [4.78, 5) is 16.6. The van der Waals surface area contributed by atoms with Gasteiger partial charge >= 0.3 is 6.09 Å². The van der Waals surface area contributed by atoms with E-state index in [-0.39, 0.29) is 6.09 Å². The van der Waals surface area contributed by atoms with E-state index in [0.717, 1.165) is 36.9 Å². The molecule has 22 heavy (non-hydrogen) atoms. The van der Waals surface area contributed by atoms with Crippen LogP contribution in [0.1, 0.15) is 25.8 Å². The van der Waals surface area contributed by atoms with Gasteiger partial charge in [-0.15, -0.1) is 0 Å². The number of alkyl halides is 1. The van der Waals surface area contributed by atoms with Crippen molar-refractivity contribution in [3.8, 4) is 0 Å². The van der Waals surface area contributed by atoms with E-state index in [4.69, 9.17) is 4.74 Å². The van der Waals surface area contributed by atoms with E-state index in [2.05, 4.69) is 34.7 Å². The van der Waals surface area contributed by atoms with Crippen molar-refractivity contribution in [3.63, 3.8) is 0 Å². The number of rotatable bonds is 5. The third-order valence-corrected chi connectivity index (χ3v) is 4.68. The molecule has 4 nitrogen and oxygen atoms in total. The Hall–Kier alpha value is -1.07. The Balaban J connectivity index is 1.84. The van der Waals surface area contributed by atoms with Crippen LogP contribution >= 0.6 is 15.9 Å². The van der Waals surface area contributed by atoms with Gasteiger partial charge in [-0.1, -0.05) is 46.3 Å². The van der Waals surface area contributed by atoms with Crippen LogP contribution in [0.25, 0.3) is 0 Å². The molecule has 2 unspecified atom stereocenters. The molecule has 1 aromatic rings. The smallest absolute Gasteiger partial charge is 0.410 e. The van der Waals surface area contributed by atoms with Crippen LogP contribution in [-0.4, -0.2) is 52.9 Å². The zero-order valence-electron chi connectivity index (χ0n) is 13.4. The van der Waals surface area contributed by atoms with Gasteiger partial charge in [0, 0.05) is 30.5 Å². The van der Waals surface area contributed by atoms with Crippen molar-refractivity contribution >= 4 is 22.0 Å². The number of hydrogen-bond acceptors (Lipinski definition) is 3. The standard InChI is InChI=1S/C17H25BrN2O2/c1-14-11-19(12-15(2)20(14)10-6-9-18)17(21)22-13-16-7-4-3-5-8-16/h3-5,7-8,14-15H,6,9-13H2,1-2H3. The van der Waals surface area contributed by atoms with Crippen LogP contribution in [0.3, 0.4) is 0 Å². The maximum Gasteiger partial charge on any atom is 0.410 e. The van der Waals surface area contributed by atoms with Gasteiger partial charge in [-0.05, 0) is 32.4 Å².